The molecule has 1 amide bonds. The summed E-state index contributed by atoms with van der Waals surface area (Å²) in [5.41, 5.74) is 7.62. The van der Waals surface area contributed by atoms with Crippen molar-refractivity contribution in [2.45, 2.75) is 24.8 Å². The van der Waals surface area contributed by atoms with Crippen molar-refractivity contribution in [1.29, 1.82) is 0 Å². The van der Waals surface area contributed by atoms with Crippen molar-refractivity contribution in [2.75, 3.05) is 33.5 Å². The predicted molar refractivity (Wildman–Crippen MR) is 152 cm³/mol. The Hall–Kier alpha value is -4.14. The van der Waals surface area contributed by atoms with Gasteiger partial charge in [0.25, 0.3) is 5.91 Å². The number of ether oxygens (including phenoxy) is 3. The van der Waals surface area contributed by atoms with Gasteiger partial charge in [0.05, 0.1) is 13.7 Å². The second-order valence-corrected chi connectivity index (χ2v) is 9.15. The molecule has 3 N–H and O–H groups in total. The molecule has 0 aromatic heterocycles. The van der Waals surface area contributed by atoms with Crippen molar-refractivity contribution in [3.05, 3.63) is 102 Å². The van der Waals surface area contributed by atoms with E-state index in [4.69, 9.17) is 24.3 Å². The van der Waals surface area contributed by atoms with Gasteiger partial charge in [0.1, 0.15) is 18.1 Å². The van der Waals surface area contributed by atoms with Gasteiger partial charge in [0, 0.05) is 31.6 Å². The van der Waals surface area contributed by atoms with Crippen LogP contribution in [-0.4, -0.2) is 55.9 Å². The van der Waals surface area contributed by atoms with E-state index in [2.05, 4.69) is 10.9 Å². The first kappa shape index (κ1) is 27.9. The lowest BCUT2D eigenvalue weighted by atomic mass is 9.95. The molecule has 4 rings (SSSR count). The third-order valence-electron chi connectivity index (χ3n) is 6.34. The summed E-state index contributed by atoms with van der Waals surface area (Å²) in [6, 6.07) is 25.1. The number of nitrogens with zero attached hydrogens (tertiary/aromatic N) is 1. The molecule has 0 saturated carbocycles. The van der Waals surface area contributed by atoms with Gasteiger partial charge in [-0.25, -0.2) is 10.4 Å². The van der Waals surface area contributed by atoms with E-state index < -0.39 is 5.54 Å². The number of para-hydroxylation sites is 1. The van der Waals surface area contributed by atoms with Gasteiger partial charge in [0.15, 0.2) is 5.54 Å². The SMILES string of the molecule is COc1ccccc1CCNNC(=O)[C@]1(C/C=C/c2ccccc2)COC(c2ccc(OCCCO)cc2)=N1. The second kappa shape index (κ2) is 14.1. The predicted octanol–water partition coefficient (Wildman–Crippen LogP) is 3.94. The summed E-state index contributed by atoms with van der Waals surface area (Å²) in [6.07, 6.45) is 5.56. The Labute approximate surface area is 229 Å². The third-order valence-corrected chi connectivity index (χ3v) is 6.34. The molecule has 8 heteroatoms. The molecule has 3 aromatic rings. The highest BCUT2D eigenvalue weighted by Gasteiger charge is 2.43. The number of carbonyl (C=O) groups is 1. The van der Waals surface area contributed by atoms with Gasteiger partial charge in [-0.3, -0.25) is 10.2 Å². The van der Waals surface area contributed by atoms with E-state index in [0.29, 0.717) is 44.1 Å². The number of hydrazine groups is 1. The molecule has 0 saturated heterocycles. The molecule has 0 aliphatic carbocycles. The highest BCUT2D eigenvalue weighted by Crippen LogP contribution is 2.28. The second-order valence-electron chi connectivity index (χ2n) is 9.15. The molecule has 1 aliphatic rings. The monoisotopic (exact) mass is 529 g/mol. The van der Waals surface area contributed by atoms with Crippen LogP contribution in [0.25, 0.3) is 6.08 Å². The molecule has 0 radical (unpaired) electrons. The van der Waals surface area contributed by atoms with Crippen molar-refractivity contribution in [3.8, 4) is 11.5 Å². The smallest absolute Gasteiger partial charge is 0.266 e. The van der Waals surface area contributed by atoms with E-state index >= 15 is 0 Å². The minimum absolute atomic E-state index is 0.0842. The van der Waals surface area contributed by atoms with Crippen molar-refractivity contribution < 1.29 is 24.1 Å². The summed E-state index contributed by atoms with van der Waals surface area (Å²) in [5, 5.41) is 8.93. The highest BCUT2D eigenvalue weighted by molar-refractivity contribution is 6.00. The summed E-state index contributed by atoms with van der Waals surface area (Å²) in [5.74, 6) is 1.66. The summed E-state index contributed by atoms with van der Waals surface area (Å²) < 4.78 is 17.0. The lowest BCUT2D eigenvalue weighted by molar-refractivity contribution is -0.127. The fourth-order valence-electron chi connectivity index (χ4n) is 4.18. The van der Waals surface area contributed by atoms with Gasteiger partial charge in [-0.05, 0) is 47.9 Å². The van der Waals surface area contributed by atoms with Crippen LogP contribution < -0.4 is 20.3 Å². The van der Waals surface area contributed by atoms with Crippen LogP contribution in [-0.2, 0) is 16.0 Å². The van der Waals surface area contributed by atoms with Crippen LogP contribution in [0.4, 0.5) is 0 Å². The van der Waals surface area contributed by atoms with Gasteiger partial charge in [-0.1, -0.05) is 60.7 Å². The van der Waals surface area contributed by atoms with Crippen LogP contribution in [0.5, 0.6) is 11.5 Å². The molecule has 39 heavy (non-hydrogen) atoms. The summed E-state index contributed by atoms with van der Waals surface area (Å²) in [4.78, 5) is 18.2. The number of benzene rings is 3. The first-order valence-electron chi connectivity index (χ1n) is 13.1. The number of aliphatic hydroxyl groups is 1. The van der Waals surface area contributed by atoms with Crippen LogP contribution in [0.15, 0.2) is 89.9 Å². The highest BCUT2D eigenvalue weighted by atomic mass is 16.5. The van der Waals surface area contributed by atoms with E-state index in [0.717, 1.165) is 22.4 Å². The summed E-state index contributed by atoms with van der Waals surface area (Å²) in [7, 11) is 1.65. The van der Waals surface area contributed by atoms with Crippen molar-refractivity contribution in [2.24, 2.45) is 4.99 Å². The van der Waals surface area contributed by atoms with Crippen LogP contribution >= 0.6 is 0 Å². The topological polar surface area (TPSA) is 101 Å². The fourth-order valence-corrected chi connectivity index (χ4v) is 4.18. The van der Waals surface area contributed by atoms with Crippen LogP contribution in [0.1, 0.15) is 29.5 Å². The van der Waals surface area contributed by atoms with Gasteiger partial charge in [0.2, 0.25) is 5.90 Å². The number of amides is 1. The van der Waals surface area contributed by atoms with E-state index in [9.17, 15) is 4.79 Å². The Bertz CT molecular complexity index is 1260. The summed E-state index contributed by atoms with van der Waals surface area (Å²) in [6.45, 7) is 1.17. The van der Waals surface area contributed by atoms with Crippen molar-refractivity contribution in [1.82, 2.24) is 10.9 Å². The standard InChI is InChI=1S/C31H35N3O5/c1-37-28-13-6-5-12-25(28)18-20-32-34-30(36)31(19-7-11-24-9-3-2-4-10-24)23-39-29(33-31)26-14-16-27(17-15-26)38-22-8-21-35/h2-7,9-17,32,35H,8,18-23H2,1H3,(H,34,36)/b11-7+/t31-/m0/s1. The van der Waals surface area contributed by atoms with Crippen molar-refractivity contribution in [3.63, 3.8) is 0 Å². The molecule has 1 heterocycles. The first-order chi connectivity index (χ1) is 19.1. The Morgan fingerprint density at radius 3 is 2.62 bits per heavy atom. The van der Waals surface area contributed by atoms with Gasteiger partial charge in [-0.2, -0.15) is 0 Å². The zero-order valence-corrected chi connectivity index (χ0v) is 22.1. The van der Waals surface area contributed by atoms with Crippen LogP contribution in [0.3, 0.4) is 0 Å². The Morgan fingerprint density at radius 2 is 1.85 bits per heavy atom. The molecule has 0 bridgehead atoms. The minimum atomic E-state index is -1.12. The molecular formula is C31H35N3O5. The zero-order chi connectivity index (χ0) is 27.3. The normalized spacial score (nSPS) is 16.5. The maximum Gasteiger partial charge on any atom is 0.266 e. The van der Waals surface area contributed by atoms with E-state index in [1.54, 1.807) is 7.11 Å². The van der Waals surface area contributed by atoms with Gasteiger partial charge >= 0.3 is 0 Å². The number of hydrogen-bond donors (Lipinski definition) is 3. The number of hydrogen-bond acceptors (Lipinski definition) is 7. The molecule has 1 atom stereocenters. The lowest BCUT2D eigenvalue weighted by Crippen LogP contribution is -2.51. The number of methoxy groups -OCH3 is 1. The van der Waals surface area contributed by atoms with E-state index in [1.165, 1.54) is 0 Å². The molecular weight excluding hydrogens is 494 g/mol. The van der Waals surface area contributed by atoms with Crippen LogP contribution in [0, 0.1) is 0 Å². The fraction of sp³-hybridized carbons (Fsp3) is 0.290. The van der Waals surface area contributed by atoms with Crippen LogP contribution in [0.2, 0.25) is 0 Å². The van der Waals surface area contributed by atoms with E-state index in [-0.39, 0.29) is 19.1 Å². The van der Waals surface area contributed by atoms with Gasteiger partial charge < -0.3 is 19.3 Å². The Morgan fingerprint density at radius 1 is 1.08 bits per heavy atom. The first-order valence-corrected chi connectivity index (χ1v) is 13.1. The zero-order valence-electron chi connectivity index (χ0n) is 22.1. The average molecular weight is 530 g/mol. The average Bonchev–Trinajstić information content (AvgIpc) is 3.42. The molecule has 1 aliphatic heterocycles. The largest absolute Gasteiger partial charge is 0.496 e. The molecule has 0 spiro atoms. The number of nitrogens with one attached hydrogen (secondary N) is 2. The molecule has 3 aromatic carbocycles. The number of aliphatic hydroxyl groups excluding tert-OH is 1. The quantitative estimate of drug-likeness (QED) is 0.216. The maximum absolute atomic E-state index is 13.5. The lowest BCUT2D eigenvalue weighted by Gasteiger charge is -2.22. The Kier molecular flexibility index (Phi) is 10.1. The number of rotatable bonds is 14. The minimum Gasteiger partial charge on any atom is -0.496 e. The van der Waals surface area contributed by atoms with E-state index in [1.807, 2.05) is 91.0 Å². The van der Waals surface area contributed by atoms with Gasteiger partial charge in [-0.15, -0.1) is 0 Å². The number of carbonyl (C=O) groups excluding carboxylic acids is 1. The Balaban J connectivity index is 1.45. The maximum atomic E-state index is 13.5. The molecule has 204 valence electrons. The number of aliphatic imine (C=N–C) groups is 1. The van der Waals surface area contributed by atoms with Crippen molar-refractivity contribution >= 4 is 17.9 Å². The molecule has 8 nitrogen and oxygen atoms in total. The molecule has 0 fully saturated rings. The third kappa shape index (κ3) is 7.69. The molecule has 0 unspecified atom stereocenters. The summed E-state index contributed by atoms with van der Waals surface area (Å²) >= 11 is 0.